The number of nitrogens with zero attached hydrogens (tertiary/aromatic N) is 4. The van der Waals surface area contributed by atoms with Gasteiger partial charge in [0.15, 0.2) is 0 Å². The van der Waals surface area contributed by atoms with Gasteiger partial charge in [0.2, 0.25) is 0 Å². The van der Waals surface area contributed by atoms with Gasteiger partial charge in [-0.1, -0.05) is 12.1 Å². The van der Waals surface area contributed by atoms with E-state index in [4.69, 9.17) is 14.7 Å². The Balaban J connectivity index is 1.34. The molecule has 0 N–H and O–H groups in total. The molecule has 1 aromatic heterocycles. The first-order chi connectivity index (χ1) is 13.8. The third kappa shape index (κ3) is 3.70. The number of rotatable bonds is 4. The second-order valence-electron chi connectivity index (χ2n) is 8.10. The van der Waals surface area contributed by atoms with Crippen molar-refractivity contribution in [2.75, 3.05) is 49.2 Å². The zero-order valence-electron chi connectivity index (χ0n) is 16.2. The molecule has 0 amide bonds. The zero-order chi connectivity index (χ0) is 18.9. The van der Waals surface area contributed by atoms with Gasteiger partial charge >= 0.3 is 0 Å². The number of para-hydroxylation sites is 1. The number of hydrogen-bond donors (Lipinski definition) is 0. The number of hydrogen-bond acceptors (Lipinski definition) is 5. The highest BCUT2D eigenvalue weighted by atomic mass is 19.1. The van der Waals surface area contributed by atoms with Crippen LogP contribution in [0, 0.1) is 5.82 Å². The lowest BCUT2D eigenvalue weighted by Crippen LogP contribution is -2.47. The average Bonchev–Trinajstić information content (AvgIpc) is 3.60. The second-order valence-corrected chi connectivity index (χ2v) is 8.10. The van der Waals surface area contributed by atoms with E-state index < -0.39 is 0 Å². The SMILES string of the molecule is Fc1ccccc1N1CCN(c2cc(C3CCOCC3)nc(C3CC3)n2)CC1. The van der Waals surface area contributed by atoms with E-state index in [0.717, 1.165) is 63.9 Å². The van der Waals surface area contributed by atoms with Crippen LogP contribution in [0.4, 0.5) is 15.9 Å². The Hall–Kier alpha value is -2.21. The smallest absolute Gasteiger partial charge is 0.146 e. The number of ether oxygens (including phenoxy) is 1. The van der Waals surface area contributed by atoms with Gasteiger partial charge in [0, 0.05) is 63.0 Å². The molecule has 5 rings (SSSR count). The molecule has 1 saturated carbocycles. The Morgan fingerprint density at radius 3 is 2.29 bits per heavy atom. The number of piperazine rings is 1. The Kier molecular flexibility index (Phi) is 4.89. The first-order valence-corrected chi connectivity index (χ1v) is 10.5. The lowest BCUT2D eigenvalue weighted by molar-refractivity contribution is 0.0844. The molecule has 3 fully saturated rings. The first-order valence-electron chi connectivity index (χ1n) is 10.5. The summed E-state index contributed by atoms with van der Waals surface area (Å²) in [5.74, 6) is 2.95. The minimum atomic E-state index is -0.143. The minimum absolute atomic E-state index is 0.143. The average molecular weight is 382 g/mol. The van der Waals surface area contributed by atoms with Gasteiger partial charge in [-0.25, -0.2) is 14.4 Å². The van der Waals surface area contributed by atoms with E-state index in [2.05, 4.69) is 15.9 Å². The maximum absolute atomic E-state index is 14.1. The number of benzene rings is 1. The minimum Gasteiger partial charge on any atom is -0.381 e. The van der Waals surface area contributed by atoms with Crippen molar-refractivity contribution in [1.29, 1.82) is 0 Å². The molecule has 2 saturated heterocycles. The third-order valence-electron chi connectivity index (χ3n) is 6.13. The van der Waals surface area contributed by atoms with Crippen LogP contribution in [0.3, 0.4) is 0 Å². The van der Waals surface area contributed by atoms with Gasteiger partial charge in [0.05, 0.1) is 5.69 Å². The third-order valence-corrected chi connectivity index (χ3v) is 6.13. The molecule has 0 atom stereocenters. The van der Waals surface area contributed by atoms with E-state index in [1.54, 1.807) is 6.07 Å². The van der Waals surface area contributed by atoms with Crippen molar-refractivity contribution in [1.82, 2.24) is 9.97 Å². The Bertz CT molecular complexity index is 827. The summed E-state index contributed by atoms with van der Waals surface area (Å²) < 4.78 is 19.6. The predicted octanol–water partition coefficient (Wildman–Crippen LogP) is 3.71. The molecule has 3 heterocycles. The van der Waals surface area contributed by atoms with E-state index in [0.29, 0.717) is 17.5 Å². The highest BCUT2D eigenvalue weighted by molar-refractivity contribution is 5.50. The maximum Gasteiger partial charge on any atom is 0.146 e. The quantitative estimate of drug-likeness (QED) is 0.806. The second kappa shape index (κ2) is 7.66. The fraction of sp³-hybridized carbons (Fsp3) is 0.545. The molecule has 1 aliphatic carbocycles. The molecular weight excluding hydrogens is 355 g/mol. The van der Waals surface area contributed by atoms with Crippen LogP contribution < -0.4 is 9.80 Å². The molecule has 1 aromatic carbocycles. The highest BCUT2D eigenvalue weighted by Crippen LogP contribution is 2.40. The summed E-state index contributed by atoms with van der Waals surface area (Å²) in [6.45, 7) is 4.95. The predicted molar refractivity (Wildman–Crippen MR) is 108 cm³/mol. The van der Waals surface area contributed by atoms with E-state index in [1.807, 2.05) is 12.1 Å². The molecule has 2 aliphatic heterocycles. The normalized spacial score (nSPS) is 21.2. The van der Waals surface area contributed by atoms with Gasteiger partial charge in [-0.05, 0) is 37.8 Å². The topological polar surface area (TPSA) is 41.5 Å². The molecule has 0 bridgehead atoms. The summed E-state index contributed by atoms with van der Waals surface area (Å²) in [6, 6.07) is 9.24. The molecule has 3 aliphatic rings. The maximum atomic E-state index is 14.1. The molecule has 148 valence electrons. The van der Waals surface area contributed by atoms with Crippen LogP contribution in [-0.2, 0) is 4.74 Å². The van der Waals surface area contributed by atoms with Gasteiger partial charge < -0.3 is 14.5 Å². The molecule has 6 heteroatoms. The molecule has 0 spiro atoms. The van der Waals surface area contributed by atoms with Crippen LogP contribution >= 0.6 is 0 Å². The van der Waals surface area contributed by atoms with Crippen LogP contribution in [0.1, 0.15) is 49.0 Å². The van der Waals surface area contributed by atoms with E-state index in [9.17, 15) is 4.39 Å². The summed E-state index contributed by atoms with van der Waals surface area (Å²) in [5, 5.41) is 0. The lowest BCUT2D eigenvalue weighted by Gasteiger charge is -2.37. The van der Waals surface area contributed by atoms with Crippen molar-refractivity contribution < 1.29 is 9.13 Å². The van der Waals surface area contributed by atoms with Crippen molar-refractivity contribution in [3.63, 3.8) is 0 Å². The van der Waals surface area contributed by atoms with Gasteiger partial charge in [-0.2, -0.15) is 0 Å². The number of anilines is 2. The van der Waals surface area contributed by atoms with Crippen LogP contribution in [-0.4, -0.2) is 49.4 Å². The van der Waals surface area contributed by atoms with Crippen molar-refractivity contribution >= 4 is 11.5 Å². The highest BCUT2D eigenvalue weighted by Gasteiger charge is 2.30. The molecule has 2 aromatic rings. The van der Waals surface area contributed by atoms with Gasteiger partial charge in [0.25, 0.3) is 0 Å². The molecule has 5 nitrogen and oxygen atoms in total. The summed E-state index contributed by atoms with van der Waals surface area (Å²) in [6.07, 6.45) is 4.50. The Morgan fingerprint density at radius 2 is 1.57 bits per heavy atom. The van der Waals surface area contributed by atoms with Gasteiger partial charge in [0.1, 0.15) is 17.5 Å². The van der Waals surface area contributed by atoms with Crippen molar-refractivity contribution in [3.05, 3.63) is 47.7 Å². The molecular formula is C22H27FN4O. The van der Waals surface area contributed by atoms with Gasteiger partial charge in [-0.15, -0.1) is 0 Å². The largest absolute Gasteiger partial charge is 0.381 e. The summed E-state index contributed by atoms with van der Waals surface area (Å²) in [5.41, 5.74) is 1.89. The lowest BCUT2D eigenvalue weighted by atomic mass is 9.96. The number of aromatic nitrogens is 2. The summed E-state index contributed by atoms with van der Waals surface area (Å²) >= 11 is 0. The standard InChI is InChI=1S/C22H27FN4O/c23-18-3-1-2-4-20(18)26-9-11-27(12-10-26)21-15-19(16-7-13-28-14-8-16)24-22(25-21)17-5-6-17/h1-4,15-17H,5-14H2. The van der Waals surface area contributed by atoms with Crippen LogP contribution in [0.25, 0.3) is 0 Å². The van der Waals surface area contributed by atoms with Crippen LogP contribution in [0.2, 0.25) is 0 Å². The fourth-order valence-electron chi connectivity index (χ4n) is 4.24. The first kappa shape index (κ1) is 17.9. The van der Waals surface area contributed by atoms with Crippen molar-refractivity contribution in [2.24, 2.45) is 0 Å². The summed E-state index contributed by atoms with van der Waals surface area (Å²) in [7, 11) is 0. The summed E-state index contributed by atoms with van der Waals surface area (Å²) in [4.78, 5) is 14.3. The molecule has 0 radical (unpaired) electrons. The van der Waals surface area contributed by atoms with Crippen molar-refractivity contribution in [2.45, 2.75) is 37.5 Å². The van der Waals surface area contributed by atoms with E-state index in [-0.39, 0.29) is 5.82 Å². The van der Waals surface area contributed by atoms with E-state index >= 15 is 0 Å². The zero-order valence-corrected chi connectivity index (χ0v) is 16.2. The number of halogens is 1. The Labute approximate surface area is 165 Å². The van der Waals surface area contributed by atoms with Gasteiger partial charge in [-0.3, -0.25) is 0 Å². The van der Waals surface area contributed by atoms with Crippen LogP contribution in [0.15, 0.2) is 30.3 Å². The van der Waals surface area contributed by atoms with Crippen LogP contribution in [0.5, 0.6) is 0 Å². The van der Waals surface area contributed by atoms with Crippen molar-refractivity contribution in [3.8, 4) is 0 Å². The monoisotopic (exact) mass is 382 g/mol. The Morgan fingerprint density at radius 1 is 0.857 bits per heavy atom. The fourth-order valence-corrected chi connectivity index (χ4v) is 4.24. The molecule has 0 unspecified atom stereocenters. The molecule has 28 heavy (non-hydrogen) atoms. The van der Waals surface area contributed by atoms with E-state index in [1.165, 1.54) is 24.6 Å².